The molecule has 1 rings (SSSR count). The summed E-state index contributed by atoms with van der Waals surface area (Å²) in [6.45, 7) is 0. The first-order valence-corrected chi connectivity index (χ1v) is 3.66. The Bertz CT molecular complexity index is 150. The first kappa shape index (κ1) is 9.26. The number of hydrogen-bond acceptors (Lipinski definition) is 1. The molecule has 0 N–H and O–H groups in total. The third-order valence-corrected chi connectivity index (χ3v) is 1.67. The van der Waals surface area contributed by atoms with Crippen LogP contribution in [0.15, 0.2) is 29.2 Å². The van der Waals surface area contributed by atoms with Gasteiger partial charge in [-0.1, -0.05) is 0 Å². The summed E-state index contributed by atoms with van der Waals surface area (Å²) in [5.74, 6) is 0. The van der Waals surface area contributed by atoms with Crippen LogP contribution in [0.4, 0.5) is 0 Å². The van der Waals surface area contributed by atoms with Crippen molar-refractivity contribution in [2.24, 2.45) is 0 Å². The Labute approximate surface area is 74.3 Å². The van der Waals surface area contributed by atoms with Crippen LogP contribution in [0.3, 0.4) is 0 Å². The zero-order chi connectivity index (χ0) is 5.82. The second kappa shape index (κ2) is 5.08. The number of benzene rings is 1. The molecular formula is C7H7PtS-. The van der Waals surface area contributed by atoms with Crippen molar-refractivity contribution in [3.05, 3.63) is 30.3 Å². The molecule has 1 aromatic rings. The van der Waals surface area contributed by atoms with Gasteiger partial charge in [-0.05, 0) is 6.26 Å². The minimum Gasteiger partial charge on any atom is -0.184 e. The van der Waals surface area contributed by atoms with E-state index in [1.165, 1.54) is 4.90 Å². The molecule has 0 nitrogen and oxygen atoms in total. The van der Waals surface area contributed by atoms with Gasteiger partial charge in [0.25, 0.3) is 0 Å². The van der Waals surface area contributed by atoms with Gasteiger partial charge in [-0.25, -0.2) is 0 Å². The minimum absolute atomic E-state index is 0. The quantitative estimate of drug-likeness (QED) is 0.565. The van der Waals surface area contributed by atoms with Crippen molar-refractivity contribution in [1.82, 2.24) is 0 Å². The molecule has 0 amide bonds. The first-order chi connectivity index (χ1) is 3.93. The Hall–Kier alpha value is 0.258. The van der Waals surface area contributed by atoms with Gasteiger partial charge in [0.2, 0.25) is 0 Å². The maximum Gasteiger partial charge on any atom is 0 e. The molecule has 9 heavy (non-hydrogen) atoms. The Morgan fingerprint density at radius 3 is 2.22 bits per heavy atom. The summed E-state index contributed by atoms with van der Waals surface area (Å²) in [6, 6.07) is 10.9. The van der Waals surface area contributed by atoms with Gasteiger partial charge in [-0.15, -0.1) is 4.90 Å². The third kappa shape index (κ3) is 3.07. The molecule has 0 aliphatic carbocycles. The van der Waals surface area contributed by atoms with E-state index >= 15 is 0 Å². The molecular weight excluding hydrogens is 311 g/mol. The van der Waals surface area contributed by atoms with Crippen molar-refractivity contribution < 1.29 is 21.1 Å². The first-order valence-electron chi connectivity index (χ1n) is 2.43. The smallest absolute Gasteiger partial charge is 0 e. The van der Waals surface area contributed by atoms with Crippen LogP contribution in [-0.2, 0) is 21.1 Å². The van der Waals surface area contributed by atoms with Crippen molar-refractivity contribution >= 4 is 11.8 Å². The summed E-state index contributed by atoms with van der Waals surface area (Å²) >= 11 is 1.75. The van der Waals surface area contributed by atoms with Gasteiger partial charge in [0, 0.05) is 21.1 Å². The Balaban J connectivity index is 0.000000640. The molecule has 0 aliphatic heterocycles. The molecule has 0 heterocycles. The van der Waals surface area contributed by atoms with E-state index in [4.69, 9.17) is 0 Å². The summed E-state index contributed by atoms with van der Waals surface area (Å²) in [7, 11) is 0. The predicted octanol–water partition coefficient (Wildman–Crippen LogP) is 2.21. The summed E-state index contributed by atoms with van der Waals surface area (Å²) in [6.07, 6.45) is 2.06. The standard InChI is InChI=1S/C7H7S.Pt/c1-8-7-5-3-2-4-6-7;/h3-6H,1H3;/q-1;. The average Bonchev–Trinajstić information content (AvgIpc) is 1.90. The average molecular weight is 318 g/mol. The summed E-state index contributed by atoms with van der Waals surface area (Å²) in [4.78, 5) is 1.30. The molecule has 0 aromatic heterocycles. The Morgan fingerprint density at radius 2 is 1.89 bits per heavy atom. The largest absolute Gasteiger partial charge is 0.184 e. The molecule has 0 bridgehead atoms. The fourth-order valence-corrected chi connectivity index (χ4v) is 0.916. The molecule has 0 atom stereocenters. The van der Waals surface area contributed by atoms with Gasteiger partial charge in [-0.2, -0.15) is 42.1 Å². The second-order valence-electron chi connectivity index (χ2n) is 1.44. The van der Waals surface area contributed by atoms with Crippen molar-refractivity contribution in [1.29, 1.82) is 0 Å². The molecule has 0 fully saturated rings. The molecule has 2 heteroatoms. The van der Waals surface area contributed by atoms with Crippen molar-refractivity contribution in [3.8, 4) is 0 Å². The maximum absolute atomic E-state index is 2.95. The minimum atomic E-state index is 0. The van der Waals surface area contributed by atoms with E-state index in [0.29, 0.717) is 0 Å². The van der Waals surface area contributed by atoms with Crippen LogP contribution >= 0.6 is 11.8 Å². The monoisotopic (exact) mass is 318 g/mol. The van der Waals surface area contributed by atoms with E-state index in [-0.39, 0.29) is 21.1 Å². The molecule has 0 unspecified atom stereocenters. The summed E-state index contributed by atoms with van der Waals surface area (Å²) in [5, 5.41) is 0. The summed E-state index contributed by atoms with van der Waals surface area (Å²) < 4.78 is 0. The van der Waals surface area contributed by atoms with Crippen molar-refractivity contribution in [3.63, 3.8) is 0 Å². The molecule has 0 saturated carbocycles. The molecule has 0 saturated heterocycles. The second-order valence-corrected chi connectivity index (χ2v) is 2.32. The zero-order valence-corrected chi connectivity index (χ0v) is 8.12. The van der Waals surface area contributed by atoms with E-state index < -0.39 is 0 Å². The number of hydrogen-bond donors (Lipinski definition) is 0. The summed E-state index contributed by atoms with van der Waals surface area (Å²) in [5.41, 5.74) is 0. The van der Waals surface area contributed by atoms with Crippen LogP contribution in [0.1, 0.15) is 0 Å². The van der Waals surface area contributed by atoms with E-state index in [9.17, 15) is 0 Å². The van der Waals surface area contributed by atoms with Gasteiger partial charge in [0.05, 0.1) is 0 Å². The van der Waals surface area contributed by atoms with Crippen LogP contribution in [-0.4, -0.2) is 6.26 Å². The van der Waals surface area contributed by atoms with Crippen LogP contribution in [0.25, 0.3) is 0 Å². The topological polar surface area (TPSA) is 0 Å². The molecule has 0 aliphatic rings. The van der Waals surface area contributed by atoms with Gasteiger partial charge >= 0.3 is 0 Å². The SMILES string of the molecule is CSc1cc[c-]cc1.[Pt]. The van der Waals surface area contributed by atoms with Crippen LogP contribution in [0.2, 0.25) is 0 Å². The van der Waals surface area contributed by atoms with E-state index in [1.807, 2.05) is 24.3 Å². The fourth-order valence-electron chi connectivity index (χ4n) is 0.508. The van der Waals surface area contributed by atoms with E-state index in [1.54, 1.807) is 11.8 Å². The third-order valence-electron chi connectivity index (χ3n) is 0.923. The zero-order valence-electron chi connectivity index (χ0n) is 5.03. The Kier molecular flexibility index (Phi) is 5.22. The van der Waals surface area contributed by atoms with Gasteiger partial charge in [0.1, 0.15) is 0 Å². The van der Waals surface area contributed by atoms with Gasteiger partial charge in [0.15, 0.2) is 0 Å². The van der Waals surface area contributed by atoms with Crippen molar-refractivity contribution in [2.45, 2.75) is 4.90 Å². The van der Waals surface area contributed by atoms with Crippen LogP contribution < -0.4 is 0 Å². The molecule has 1 aromatic carbocycles. The number of thioether (sulfide) groups is 1. The number of rotatable bonds is 1. The Morgan fingerprint density at radius 1 is 1.33 bits per heavy atom. The van der Waals surface area contributed by atoms with Crippen LogP contribution in [0, 0.1) is 6.07 Å². The fraction of sp³-hybridized carbons (Fsp3) is 0.143. The normalized spacial score (nSPS) is 8.11. The molecule has 52 valence electrons. The van der Waals surface area contributed by atoms with E-state index in [2.05, 4.69) is 12.3 Å². The van der Waals surface area contributed by atoms with Gasteiger partial charge in [-0.3, -0.25) is 0 Å². The predicted molar refractivity (Wildman–Crippen MR) is 37.1 cm³/mol. The molecule has 0 spiro atoms. The van der Waals surface area contributed by atoms with Crippen molar-refractivity contribution in [2.75, 3.05) is 6.26 Å². The van der Waals surface area contributed by atoms with Crippen LogP contribution in [0.5, 0.6) is 0 Å². The van der Waals surface area contributed by atoms with Gasteiger partial charge < -0.3 is 0 Å². The maximum atomic E-state index is 2.95. The van der Waals surface area contributed by atoms with E-state index in [0.717, 1.165) is 0 Å². The molecule has 0 radical (unpaired) electrons.